The Kier molecular flexibility index (Phi) is 5.22. The van der Waals surface area contributed by atoms with Crippen molar-refractivity contribution in [2.75, 3.05) is 18.0 Å². The highest BCUT2D eigenvalue weighted by Gasteiger charge is 2.11. The number of aromatic hydroxyl groups is 1. The average molecular weight is 350 g/mol. The molecular weight excluding hydrogens is 328 g/mol. The first-order chi connectivity index (χ1) is 12.6. The van der Waals surface area contributed by atoms with E-state index in [2.05, 4.69) is 34.3 Å². The zero-order valence-corrected chi connectivity index (χ0v) is 14.9. The number of phenols is 1. The molecule has 1 heterocycles. The summed E-state index contributed by atoms with van der Waals surface area (Å²) in [5.41, 5.74) is 5.42. The molecule has 26 heavy (non-hydrogen) atoms. The van der Waals surface area contributed by atoms with Gasteiger partial charge in [0.05, 0.1) is 11.8 Å². The quantitative estimate of drug-likeness (QED) is 0.470. The summed E-state index contributed by atoms with van der Waals surface area (Å²) in [5, 5.41) is 15.0. The van der Waals surface area contributed by atoms with Gasteiger partial charge in [-0.25, -0.2) is 5.43 Å². The summed E-state index contributed by atoms with van der Waals surface area (Å²) in [4.78, 5) is 17.5. The highest BCUT2D eigenvalue weighted by molar-refractivity contribution is 6.06. The van der Waals surface area contributed by atoms with Crippen molar-refractivity contribution in [2.24, 2.45) is 5.10 Å². The van der Waals surface area contributed by atoms with E-state index in [0.29, 0.717) is 11.1 Å². The molecule has 134 valence electrons. The van der Waals surface area contributed by atoms with Crippen LogP contribution in [0.25, 0.3) is 10.9 Å². The van der Waals surface area contributed by atoms with E-state index in [0.717, 1.165) is 29.7 Å². The Balaban J connectivity index is 1.71. The molecule has 0 saturated heterocycles. The molecule has 0 aliphatic carbocycles. The topological polar surface area (TPSA) is 80.7 Å². The van der Waals surface area contributed by atoms with Crippen LogP contribution in [0.1, 0.15) is 29.8 Å². The molecule has 0 aliphatic rings. The summed E-state index contributed by atoms with van der Waals surface area (Å²) in [5.74, 6) is -0.183. The predicted octanol–water partition coefficient (Wildman–Crippen LogP) is 3.48. The van der Waals surface area contributed by atoms with E-state index in [-0.39, 0.29) is 11.7 Å². The summed E-state index contributed by atoms with van der Waals surface area (Å²) < 4.78 is 0. The summed E-state index contributed by atoms with van der Waals surface area (Å²) in [6.45, 7) is 5.86. The minimum Gasteiger partial charge on any atom is -0.507 e. The van der Waals surface area contributed by atoms with Gasteiger partial charge in [-0.1, -0.05) is 18.2 Å². The molecule has 0 aliphatic heterocycles. The van der Waals surface area contributed by atoms with Crippen molar-refractivity contribution in [2.45, 2.75) is 13.8 Å². The third-order valence-electron chi connectivity index (χ3n) is 4.35. The molecule has 0 spiro atoms. The normalized spacial score (nSPS) is 11.2. The highest BCUT2D eigenvalue weighted by Crippen LogP contribution is 2.23. The van der Waals surface area contributed by atoms with Crippen LogP contribution in [-0.2, 0) is 0 Å². The van der Waals surface area contributed by atoms with Crippen molar-refractivity contribution < 1.29 is 9.90 Å². The number of carbonyl (C=O) groups is 1. The number of H-pyrrole nitrogens is 1. The fourth-order valence-corrected chi connectivity index (χ4v) is 2.91. The molecule has 1 aromatic heterocycles. The number of amides is 1. The lowest BCUT2D eigenvalue weighted by molar-refractivity contribution is 0.0957. The monoisotopic (exact) mass is 350 g/mol. The van der Waals surface area contributed by atoms with E-state index < -0.39 is 0 Å². The highest BCUT2D eigenvalue weighted by atomic mass is 16.3. The van der Waals surface area contributed by atoms with E-state index >= 15 is 0 Å². The van der Waals surface area contributed by atoms with Gasteiger partial charge in [0.25, 0.3) is 5.91 Å². The lowest BCUT2D eigenvalue weighted by atomic mass is 10.1. The molecule has 0 atom stereocenters. The fourth-order valence-electron chi connectivity index (χ4n) is 2.91. The van der Waals surface area contributed by atoms with Gasteiger partial charge in [-0.05, 0) is 32.0 Å². The van der Waals surface area contributed by atoms with Crippen LogP contribution >= 0.6 is 0 Å². The Morgan fingerprint density at radius 2 is 2.00 bits per heavy atom. The number of para-hydroxylation sites is 1. The molecule has 3 rings (SSSR count). The Morgan fingerprint density at radius 3 is 2.73 bits per heavy atom. The second-order valence-electron chi connectivity index (χ2n) is 5.86. The van der Waals surface area contributed by atoms with Crippen molar-refractivity contribution in [1.29, 1.82) is 0 Å². The predicted molar refractivity (Wildman–Crippen MR) is 105 cm³/mol. The van der Waals surface area contributed by atoms with Crippen LogP contribution in [0.3, 0.4) is 0 Å². The van der Waals surface area contributed by atoms with Crippen molar-refractivity contribution in [3.8, 4) is 5.75 Å². The molecule has 1 amide bonds. The van der Waals surface area contributed by atoms with Crippen LogP contribution in [0.4, 0.5) is 5.69 Å². The van der Waals surface area contributed by atoms with Gasteiger partial charge in [-0.3, -0.25) is 4.79 Å². The summed E-state index contributed by atoms with van der Waals surface area (Å²) in [6, 6.07) is 13.0. The molecule has 3 N–H and O–H groups in total. The first-order valence-corrected chi connectivity index (χ1v) is 8.61. The number of aromatic amines is 1. The summed E-state index contributed by atoms with van der Waals surface area (Å²) in [7, 11) is 0. The number of anilines is 1. The maximum Gasteiger partial charge on any atom is 0.273 e. The average Bonchev–Trinajstić information content (AvgIpc) is 3.08. The van der Waals surface area contributed by atoms with E-state index in [9.17, 15) is 9.90 Å². The van der Waals surface area contributed by atoms with Gasteiger partial charge < -0.3 is 15.0 Å². The number of carbonyl (C=O) groups excluding carboxylic acids is 1. The molecule has 0 fully saturated rings. The van der Waals surface area contributed by atoms with Crippen LogP contribution in [0.5, 0.6) is 5.75 Å². The number of aromatic nitrogens is 1. The lowest BCUT2D eigenvalue weighted by Crippen LogP contribution is -2.21. The van der Waals surface area contributed by atoms with E-state index in [1.165, 1.54) is 6.21 Å². The molecule has 0 saturated carbocycles. The Labute approximate surface area is 152 Å². The largest absolute Gasteiger partial charge is 0.507 e. The van der Waals surface area contributed by atoms with E-state index in [1.54, 1.807) is 18.3 Å². The number of phenolic OH excluding ortho intramolecular Hbond substituents is 1. The Morgan fingerprint density at radius 1 is 1.23 bits per heavy atom. The summed E-state index contributed by atoms with van der Waals surface area (Å²) in [6.07, 6.45) is 3.10. The van der Waals surface area contributed by atoms with Crippen molar-refractivity contribution in [3.05, 3.63) is 59.8 Å². The zero-order valence-electron chi connectivity index (χ0n) is 14.9. The number of benzene rings is 2. The smallest absolute Gasteiger partial charge is 0.273 e. The Hall–Kier alpha value is -3.28. The molecule has 6 heteroatoms. The molecule has 0 bridgehead atoms. The molecule has 0 radical (unpaired) electrons. The van der Waals surface area contributed by atoms with Gasteiger partial charge in [0, 0.05) is 47.5 Å². The van der Waals surface area contributed by atoms with Crippen molar-refractivity contribution in [3.63, 3.8) is 0 Å². The van der Waals surface area contributed by atoms with Crippen LogP contribution in [0.2, 0.25) is 0 Å². The van der Waals surface area contributed by atoms with Gasteiger partial charge in [0.1, 0.15) is 5.75 Å². The zero-order chi connectivity index (χ0) is 18.5. The molecule has 0 unspecified atom stereocenters. The van der Waals surface area contributed by atoms with Gasteiger partial charge >= 0.3 is 0 Å². The van der Waals surface area contributed by atoms with Gasteiger partial charge in [-0.2, -0.15) is 5.10 Å². The lowest BCUT2D eigenvalue weighted by Gasteiger charge is -2.21. The van der Waals surface area contributed by atoms with Gasteiger partial charge in [0.2, 0.25) is 0 Å². The first kappa shape index (κ1) is 17.5. The molecule has 3 aromatic rings. The van der Waals surface area contributed by atoms with Crippen LogP contribution in [0, 0.1) is 0 Å². The molecule has 2 aromatic carbocycles. The number of fused-ring (bicyclic) bond motifs is 1. The fraction of sp³-hybridized carbons (Fsp3) is 0.200. The van der Waals surface area contributed by atoms with Gasteiger partial charge in [0.15, 0.2) is 0 Å². The minimum atomic E-state index is -0.307. The first-order valence-electron chi connectivity index (χ1n) is 8.61. The van der Waals surface area contributed by atoms with Crippen molar-refractivity contribution >= 4 is 28.7 Å². The Bertz CT molecular complexity index is 942. The maximum atomic E-state index is 12.3. The maximum absolute atomic E-state index is 12.3. The van der Waals surface area contributed by atoms with Crippen molar-refractivity contribution in [1.82, 2.24) is 10.4 Å². The number of nitrogens with zero attached hydrogens (tertiary/aromatic N) is 2. The summed E-state index contributed by atoms with van der Waals surface area (Å²) >= 11 is 0. The van der Waals surface area contributed by atoms with Gasteiger partial charge in [-0.15, -0.1) is 0 Å². The minimum absolute atomic E-state index is 0.125. The van der Waals surface area contributed by atoms with E-state index in [1.807, 2.05) is 30.3 Å². The standard InChI is InChI=1S/C20H22N4O2/c1-3-24(4-2)15-10-9-14(19(25)11-15)12-22-23-20(26)17-13-21-18-8-6-5-7-16(17)18/h5-13,21,25H,3-4H2,1-2H3,(H,23,26). The van der Waals surface area contributed by atoms with Crippen LogP contribution in [-0.4, -0.2) is 35.3 Å². The number of hydrazone groups is 1. The van der Waals surface area contributed by atoms with E-state index in [4.69, 9.17) is 0 Å². The van der Waals surface area contributed by atoms with Crippen LogP contribution in [0.15, 0.2) is 53.8 Å². The molecule has 6 nitrogen and oxygen atoms in total. The second-order valence-corrected chi connectivity index (χ2v) is 5.86. The number of rotatable bonds is 6. The number of hydrogen-bond donors (Lipinski definition) is 3. The van der Waals surface area contributed by atoms with Crippen LogP contribution < -0.4 is 10.3 Å². The third-order valence-corrected chi connectivity index (χ3v) is 4.35. The number of hydrogen-bond acceptors (Lipinski definition) is 4. The number of nitrogens with one attached hydrogen (secondary N) is 2. The second kappa shape index (κ2) is 7.74. The SMILES string of the molecule is CCN(CC)c1ccc(C=NNC(=O)c2c[nH]c3ccccc23)c(O)c1. The molecular formula is C20H22N4O2. The third kappa shape index (κ3) is 3.54.